The third kappa shape index (κ3) is 6.20. The maximum atomic E-state index is 10.3. The van der Waals surface area contributed by atoms with Crippen molar-refractivity contribution in [3.63, 3.8) is 0 Å². The predicted molar refractivity (Wildman–Crippen MR) is 90.4 cm³/mol. The first-order valence-electron chi connectivity index (χ1n) is 8.00. The van der Waals surface area contributed by atoms with Gasteiger partial charge in [0.1, 0.15) is 12.4 Å². The average Bonchev–Trinajstić information content (AvgIpc) is 2.54. The number of hydrogen-bond acceptors (Lipinski definition) is 5. The Morgan fingerprint density at radius 1 is 1.39 bits per heavy atom. The molecule has 1 fully saturated rings. The molecule has 0 saturated carbocycles. The zero-order valence-corrected chi connectivity index (χ0v) is 13.8. The number of morpholine rings is 1. The van der Waals surface area contributed by atoms with E-state index >= 15 is 0 Å². The van der Waals surface area contributed by atoms with Gasteiger partial charge in [-0.15, -0.1) is 6.42 Å². The fourth-order valence-corrected chi connectivity index (χ4v) is 2.75. The largest absolute Gasteiger partial charge is 0.481 e. The second-order valence-corrected chi connectivity index (χ2v) is 5.86. The molecule has 2 rings (SSSR count). The summed E-state index contributed by atoms with van der Waals surface area (Å²) < 4.78 is 10.9. The third-order valence-electron chi connectivity index (χ3n) is 3.82. The van der Waals surface area contributed by atoms with Crippen LogP contribution in [-0.4, -0.2) is 74.1 Å². The minimum absolute atomic E-state index is 0.264. The van der Waals surface area contributed by atoms with E-state index in [1.165, 1.54) is 0 Å². The first kappa shape index (κ1) is 17.8. The molecule has 1 aromatic carbocycles. The highest BCUT2D eigenvalue weighted by Gasteiger charge is 2.16. The van der Waals surface area contributed by atoms with Crippen molar-refractivity contribution < 1.29 is 14.6 Å². The summed E-state index contributed by atoms with van der Waals surface area (Å²) in [5.74, 6) is 3.29. The molecule has 5 nitrogen and oxygen atoms in total. The Balaban J connectivity index is 1.81. The van der Waals surface area contributed by atoms with Gasteiger partial charge < -0.3 is 14.6 Å². The molecule has 1 aliphatic heterocycles. The summed E-state index contributed by atoms with van der Waals surface area (Å²) in [5.41, 5.74) is 1.07. The van der Waals surface area contributed by atoms with E-state index in [1.54, 1.807) is 0 Å². The molecule has 1 saturated heterocycles. The maximum Gasteiger partial charge on any atom is 0.148 e. The summed E-state index contributed by atoms with van der Waals surface area (Å²) in [7, 11) is 2.00. The zero-order chi connectivity index (χ0) is 16.5. The van der Waals surface area contributed by atoms with Crippen molar-refractivity contribution >= 4 is 0 Å². The minimum atomic E-state index is -0.378. The molecular weight excluding hydrogens is 292 g/mol. The first-order valence-corrected chi connectivity index (χ1v) is 8.00. The van der Waals surface area contributed by atoms with E-state index in [2.05, 4.69) is 15.7 Å². The number of aliphatic hydroxyl groups is 1. The van der Waals surface area contributed by atoms with Crippen LogP contribution in [-0.2, 0) is 11.3 Å². The molecular formula is C18H26N2O3. The van der Waals surface area contributed by atoms with Crippen molar-refractivity contribution in [2.45, 2.75) is 12.6 Å². The standard InChI is InChI=1S/C18H26N2O3/c1-3-10-23-18-7-5-4-6-16(18)13-19(2)14-17(21)15-20-8-11-22-12-9-20/h1,4-7,17,21H,8-15H2,2H3. The minimum Gasteiger partial charge on any atom is -0.481 e. The molecule has 126 valence electrons. The number of ether oxygens (including phenoxy) is 2. The van der Waals surface area contributed by atoms with Crippen LogP contribution < -0.4 is 4.74 Å². The fourth-order valence-electron chi connectivity index (χ4n) is 2.75. The van der Waals surface area contributed by atoms with Gasteiger partial charge in [0.25, 0.3) is 0 Å². The van der Waals surface area contributed by atoms with E-state index in [0.29, 0.717) is 19.6 Å². The Hall–Kier alpha value is -1.58. The predicted octanol–water partition coefficient (Wildman–Crippen LogP) is 0.823. The van der Waals surface area contributed by atoms with Crippen LogP contribution in [0.3, 0.4) is 0 Å². The van der Waals surface area contributed by atoms with Crippen molar-refractivity contribution in [3.8, 4) is 18.1 Å². The summed E-state index contributed by atoms with van der Waals surface area (Å²) in [6.07, 6.45) is 4.87. The van der Waals surface area contributed by atoms with Gasteiger partial charge in [-0.2, -0.15) is 0 Å². The number of para-hydroxylation sites is 1. The van der Waals surface area contributed by atoms with Crippen LogP contribution in [0.4, 0.5) is 0 Å². The van der Waals surface area contributed by atoms with Crippen LogP contribution in [0.5, 0.6) is 5.75 Å². The number of terminal acetylenes is 1. The van der Waals surface area contributed by atoms with Gasteiger partial charge in [0, 0.05) is 38.3 Å². The third-order valence-corrected chi connectivity index (χ3v) is 3.82. The molecule has 23 heavy (non-hydrogen) atoms. The van der Waals surface area contributed by atoms with Gasteiger partial charge in [0.15, 0.2) is 0 Å². The summed E-state index contributed by atoms with van der Waals surface area (Å²) in [6.45, 7) is 5.56. The highest BCUT2D eigenvalue weighted by atomic mass is 16.5. The summed E-state index contributed by atoms with van der Waals surface area (Å²) in [4.78, 5) is 4.34. The molecule has 1 unspecified atom stereocenters. The quantitative estimate of drug-likeness (QED) is 0.719. The summed E-state index contributed by atoms with van der Waals surface area (Å²) in [5, 5.41) is 10.3. The van der Waals surface area contributed by atoms with Crippen LogP contribution in [0.1, 0.15) is 5.56 Å². The number of β-amino-alcohol motifs (C(OH)–C–C–N with tert-alkyl or cyclic N) is 1. The van der Waals surface area contributed by atoms with Gasteiger partial charge in [-0.25, -0.2) is 0 Å². The number of nitrogens with zero attached hydrogens (tertiary/aromatic N) is 2. The molecule has 0 amide bonds. The molecule has 0 spiro atoms. The number of aliphatic hydroxyl groups excluding tert-OH is 1. The Morgan fingerprint density at radius 2 is 2.13 bits per heavy atom. The molecule has 1 N–H and O–H groups in total. The van der Waals surface area contributed by atoms with E-state index in [9.17, 15) is 5.11 Å². The van der Waals surface area contributed by atoms with Gasteiger partial charge in [0.05, 0.1) is 19.3 Å². The van der Waals surface area contributed by atoms with Crippen molar-refractivity contribution in [1.82, 2.24) is 9.80 Å². The number of rotatable bonds is 8. The van der Waals surface area contributed by atoms with Crippen molar-refractivity contribution in [2.24, 2.45) is 0 Å². The van der Waals surface area contributed by atoms with Gasteiger partial charge in [0.2, 0.25) is 0 Å². The van der Waals surface area contributed by atoms with Crippen LogP contribution in [0.2, 0.25) is 0 Å². The summed E-state index contributed by atoms with van der Waals surface area (Å²) in [6, 6.07) is 7.86. The molecule has 1 aliphatic rings. The molecule has 0 radical (unpaired) electrons. The fraction of sp³-hybridized carbons (Fsp3) is 0.556. The number of likely N-dealkylation sites (N-methyl/N-ethyl adjacent to an activating group) is 1. The monoisotopic (exact) mass is 318 g/mol. The lowest BCUT2D eigenvalue weighted by atomic mass is 10.2. The van der Waals surface area contributed by atoms with E-state index in [0.717, 1.165) is 37.6 Å². The van der Waals surface area contributed by atoms with Crippen molar-refractivity contribution in [3.05, 3.63) is 29.8 Å². The molecule has 0 aromatic heterocycles. The normalized spacial score (nSPS) is 17.0. The number of hydrogen-bond donors (Lipinski definition) is 1. The van der Waals surface area contributed by atoms with Crippen molar-refractivity contribution in [1.29, 1.82) is 0 Å². The van der Waals surface area contributed by atoms with Gasteiger partial charge >= 0.3 is 0 Å². The Labute approximate surface area is 138 Å². The van der Waals surface area contributed by atoms with Crippen LogP contribution >= 0.6 is 0 Å². The van der Waals surface area contributed by atoms with Gasteiger partial charge in [-0.05, 0) is 13.1 Å². The van der Waals surface area contributed by atoms with E-state index in [-0.39, 0.29) is 12.7 Å². The van der Waals surface area contributed by atoms with Gasteiger partial charge in [-0.1, -0.05) is 24.1 Å². The van der Waals surface area contributed by atoms with E-state index in [4.69, 9.17) is 15.9 Å². The average molecular weight is 318 g/mol. The molecule has 1 atom stereocenters. The second kappa shape index (κ2) is 9.53. The molecule has 0 aliphatic carbocycles. The first-order chi connectivity index (χ1) is 11.2. The number of benzene rings is 1. The topological polar surface area (TPSA) is 45.2 Å². The lowest BCUT2D eigenvalue weighted by Crippen LogP contribution is -2.43. The SMILES string of the molecule is C#CCOc1ccccc1CN(C)CC(O)CN1CCOCC1. The lowest BCUT2D eigenvalue weighted by molar-refractivity contribution is 0.00821. The molecule has 0 bridgehead atoms. The highest BCUT2D eigenvalue weighted by molar-refractivity contribution is 5.33. The van der Waals surface area contributed by atoms with E-state index < -0.39 is 0 Å². The van der Waals surface area contributed by atoms with Crippen LogP contribution in [0.25, 0.3) is 0 Å². The maximum absolute atomic E-state index is 10.3. The van der Waals surface area contributed by atoms with Crippen LogP contribution in [0, 0.1) is 12.3 Å². The second-order valence-electron chi connectivity index (χ2n) is 5.86. The van der Waals surface area contributed by atoms with Crippen molar-refractivity contribution in [2.75, 3.05) is 53.0 Å². The molecule has 1 aromatic rings. The lowest BCUT2D eigenvalue weighted by Gasteiger charge is -2.30. The Bertz CT molecular complexity index is 509. The Morgan fingerprint density at radius 3 is 2.87 bits per heavy atom. The molecule has 1 heterocycles. The van der Waals surface area contributed by atoms with Crippen LogP contribution in [0.15, 0.2) is 24.3 Å². The molecule has 5 heteroatoms. The van der Waals surface area contributed by atoms with E-state index in [1.807, 2.05) is 31.3 Å². The Kier molecular flexibility index (Phi) is 7.37. The summed E-state index contributed by atoms with van der Waals surface area (Å²) >= 11 is 0. The van der Waals surface area contributed by atoms with Gasteiger partial charge in [-0.3, -0.25) is 9.80 Å². The zero-order valence-electron chi connectivity index (χ0n) is 13.8. The smallest absolute Gasteiger partial charge is 0.148 e. The highest BCUT2D eigenvalue weighted by Crippen LogP contribution is 2.19.